The smallest absolute Gasteiger partial charge is 0.338 e. The molecule has 2 amide bonds. The second-order valence-corrected chi connectivity index (χ2v) is 7.50. The lowest BCUT2D eigenvalue weighted by Crippen LogP contribution is -2.34. The summed E-state index contributed by atoms with van der Waals surface area (Å²) < 4.78 is 5.02. The molecule has 0 N–H and O–H groups in total. The molecule has 4 atom stereocenters. The molecule has 2 saturated carbocycles. The fourth-order valence-electron chi connectivity index (χ4n) is 5.32. The molecule has 0 radical (unpaired) electrons. The van der Waals surface area contributed by atoms with Crippen molar-refractivity contribution in [3.63, 3.8) is 0 Å². The van der Waals surface area contributed by atoms with Crippen LogP contribution in [0.1, 0.15) is 30.1 Å². The van der Waals surface area contributed by atoms with Gasteiger partial charge in [0, 0.05) is 0 Å². The minimum atomic E-state index is -0.442. The zero-order chi connectivity index (χ0) is 17.3. The maximum Gasteiger partial charge on any atom is 0.338 e. The molecule has 3 aliphatic carbocycles. The largest absolute Gasteiger partial charge is 0.462 e. The number of fused-ring (bicyclic) bond motifs is 3. The first-order chi connectivity index (χ1) is 12.1. The number of carbonyl (C=O) groups excluding carboxylic acids is 3. The van der Waals surface area contributed by atoms with Crippen LogP contribution in [0.2, 0.25) is 0 Å². The molecule has 4 aliphatic rings. The van der Waals surface area contributed by atoms with Crippen LogP contribution in [-0.4, -0.2) is 24.4 Å². The third kappa shape index (κ3) is 1.76. The molecule has 5 heteroatoms. The maximum atomic E-state index is 13.1. The maximum absolute atomic E-state index is 13.1. The van der Waals surface area contributed by atoms with Crippen LogP contribution in [0.4, 0.5) is 5.69 Å². The Hall–Kier alpha value is -2.43. The van der Waals surface area contributed by atoms with Gasteiger partial charge in [0.15, 0.2) is 0 Å². The van der Waals surface area contributed by atoms with Gasteiger partial charge in [-0.25, -0.2) is 9.69 Å². The highest BCUT2D eigenvalue weighted by molar-refractivity contribution is 6.23. The molecule has 5 nitrogen and oxygen atoms in total. The molecule has 0 aromatic heterocycles. The highest BCUT2D eigenvalue weighted by Gasteiger charge is 2.73. The van der Waals surface area contributed by atoms with E-state index in [9.17, 15) is 14.4 Å². The fraction of sp³-hybridized carbons (Fsp3) is 0.450. The third-order valence-electron chi connectivity index (χ3n) is 6.47. The molecule has 1 aromatic carbocycles. The van der Waals surface area contributed by atoms with Crippen LogP contribution in [0.15, 0.2) is 36.4 Å². The third-order valence-corrected chi connectivity index (χ3v) is 6.47. The van der Waals surface area contributed by atoms with Crippen LogP contribution in [0.25, 0.3) is 0 Å². The summed E-state index contributed by atoms with van der Waals surface area (Å²) in [7, 11) is 0. The number of rotatable bonds is 3. The summed E-state index contributed by atoms with van der Waals surface area (Å²) >= 11 is 0. The number of hydrogen-bond donors (Lipinski definition) is 0. The number of allylic oxidation sites excluding steroid dienone is 2. The van der Waals surface area contributed by atoms with Crippen molar-refractivity contribution in [2.24, 2.45) is 29.1 Å². The minimum Gasteiger partial charge on any atom is -0.462 e. The SMILES string of the molecule is CCOC(=O)c1cccc(N2C(=O)[C@@H]3C4C=CC([C@@H]3C2=O)C42CC2)c1. The van der Waals surface area contributed by atoms with E-state index >= 15 is 0 Å². The van der Waals surface area contributed by atoms with Crippen molar-refractivity contribution in [2.75, 3.05) is 11.5 Å². The number of hydrogen-bond acceptors (Lipinski definition) is 4. The first-order valence-electron chi connectivity index (χ1n) is 8.92. The second kappa shape index (κ2) is 4.81. The van der Waals surface area contributed by atoms with Crippen molar-refractivity contribution in [1.29, 1.82) is 0 Å². The van der Waals surface area contributed by atoms with Gasteiger partial charge in [-0.1, -0.05) is 18.2 Å². The Labute approximate surface area is 145 Å². The van der Waals surface area contributed by atoms with Crippen LogP contribution in [-0.2, 0) is 14.3 Å². The van der Waals surface area contributed by atoms with Gasteiger partial charge in [0.25, 0.3) is 0 Å². The lowest BCUT2D eigenvalue weighted by atomic mass is 9.85. The average molecular weight is 337 g/mol. The molecular weight excluding hydrogens is 318 g/mol. The van der Waals surface area contributed by atoms with E-state index in [-0.39, 0.29) is 47.5 Å². The molecule has 1 saturated heterocycles. The molecule has 25 heavy (non-hydrogen) atoms. The zero-order valence-electron chi connectivity index (χ0n) is 14.0. The van der Waals surface area contributed by atoms with Gasteiger partial charge in [0.05, 0.1) is 29.7 Å². The number of benzene rings is 1. The molecule has 3 fully saturated rings. The molecule has 1 aliphatic heterocycles. The summed E-state index contributed by atoms with van der Waals surface area (Å²) in [6, 6.07) is 6.61. The van der Waals surface area contributed by atoms with Gasteiger partial charge < -0.3 is 4.74 Å². The lowest BCUT2D eigenvalue weighted by molar-refractivity contribution is -0.123. The van der Waals surface area contributed by atoms with E-state index < -0.39 is 5.97 Å². The van der Waals surface area contributed by atoms with Crippen LogP contribution < -0.4 is 4.90 Å². The Morgan fingerprint density at radius 1 is 1.16 bits per heavy atom. The predicted molar refractivity (Wildman–Crippen MR) is 89.7 cm³/mol. The summed E-state index contributed by atoms with van der Waals surface area (Å²) in [6.45, 7) is 2.03. The molecule has 1 heterocycles. The van der Waals surface area contributed by atoms with Crippen LogP contribution in [0, 0.1) is 29.1 Å². The van der Waals surface area contributed by atoms with Crippen molar-refractivity contribution < 1.29 is 19.1 Å². The van der Waals surface area contributed by atoms with E-state index in [1.165, 1.54) is 4.90 Å². The van der Waals surface area contributed by atoms with Crippen molar-refractivity contribution in [2.45, 2.75) is 19.8 Å². The van der Waals surface area contributed by atoms with Gasteiger partial charge in [-0.2, -0.15) is 0 Å². The van der Waals surface area contributed by atoms with Gasteiger partial charge in [0.1, 0.15) is 0 Å². The number of anilines is 1. The fourth-order valence-corrected chi connectivity index (χ4v) is 5.32. The van der Waals surface area contributed by atoms with Crippen molar-refractivity contribution in [1.82, 2.24) is 0 Å². The predicted octanol–water partition coefficient (Wildman–Crippen LogP) is 2.56. The monoisotopic (exact) mass is 337 g/mol. The van der Waals surface area contributed by atoms with E-state index in [2.05, 4.69) is 12.2 Å². The van der Waals surface area contributed by atoms with E-state index in [4.69, 9.17) is 4.74 Å². The van der Waals surface area contributed by atoms with E-state index in [1.54, 1.807) is 31.2 Å². The summed E-state index contributed by atoms with van der Waals surface area (Å²) in [5.41, 5.74) is 1.02. The van der Waals surface area contributed by atoms with E-state index in [1.807, 2.05) is 0 Å². The Balaban J connectivity index is 1.49. The molecule has 128 valence electrons. The van der Waals surface area contributed by atoms with Gasteiger partial charge in [-0.05, 0) is 55.2 Å². The van der Waals surface area contributed by atoms with Gasteiger partial charge in [0.2, 0.25) is 11.8 Å². The van der Waals surface area contributed by atoms with Gasteiger partial charge in [-0.3, -0.25) is 9.59 Å². The number of ether oxygens (including phenoxy) is 1. The van der Waals surface area contributed by atoms with E-state index in [0.717, 1.165) is 12.8 Å². The van der Waals surface area contributed by atoms with Crippen LogP contribution in [0.5, 0.6) is 0 Å². The van der Waals surface area contributed by atoms with Crippen molar-refractivity contribution in [3.05, 3.63) is 42.0 Å². The highest BCUT2D eigenvalue weighted by Crippen LogP contribution is 2.73. The molecule has 2 bridgehead atoms. The van der Waals surface area contributed by atoms with Gasteiger partial charge in [-0.15, -0.1) is 0 Å². The molecular formula is C20H19NO4. The van der Waals surface area contributed by atoms with Crippen molar-refractivity contribution in [3.8, 4) is 0 Å². The first-order valence-corrected chi connectivity index (χ1v) is 8.92. The normalized spacial score (nSPS) is 33.2. The second-order valence-electron chi connectivity index (χ2n) is 7.50. The summed E-state index contributed by atoms with van der Waals surface area (Å²) in [5, 5.41) is 0. The number of carbonyl (C=O) groups is 3. The number of amides is 2. The Bertz CT molecular complexity index is 804. The minimum absolute atomic E-state index is 0.112. The van der Waals surface area contributed by atoms with Crippen LogP contribution >= 0.6 is 0 Å². The molecule has 1 spiro atoms. The Morgan fingerprint density at radius 3 is 2.36 bits per heavy atom. The summed E-state index contributed by atoms with van der Waals surface area (Å²) in [6.07, 6.45) is 6.56. The first kappa shape index (κ1) is 14.9. The quantitative estimate of drug-likeness (QED) is 0.483. The highest BCUT2D eigenvalue weighted by atomic mass is 16.5. The molecule has 5 rings (SSSR count). The summed E-state index contributed by atoms with van der Waals surface area (Å²) in [5.74, 6) is -0.706. The zero-order valence-corrected chi connectivity index (χ0v) is 14.0. The van der Waals surface area contributed by atoms with E-state index in [0.29, 0.717) is 11.3 Å². The standard InChI is InChI=1S/C20H19NO4/c1-2-25-19(24)11-4-3-5-12(10-11)21-17(22)15-13-6-7-14(16(15)18(21)23)20(13)8-9-20/h3-7,10,13-16H,2,8-9H2,1H3/t13?,14?,15-,16+. The molecule has 2 unspecified atom stereocenters. The molecule has 1 aromatic rings. The topological polar surface area (TPSA) is 63.7 Å². The Kier molecular flexibility index (Phi) is 2.86. The summed E-state index contributed by atoms with van der Waals surface area (Å²) in [4.78, 5) is 39.4. The van der Waals surface area contributed by atoms with Crippen molar-refractivity contribution >= 4 is 23.5 Å². The lowest BCUT2D eigenvalue weighted by Gasteiger charge is -2.22. The van der Waals surface area contributed by atoms with Crippen LogP contribution in [0.3, 0.4) is 0 Å². The average Bonchev–Trinajstić information content (AvgIpc) is 3.20. The Morgan fingerprint density at radius 2 is 1.80 bits per heavy atom. The number of esters is 1. The number of imide groups is 1. The number of nitrogens with zero attached hydrogens (tertiary/aromatic N) is 1. The van der Waals surface area contributed by atoms with Gasteiger partial charge >= 0.3 is 5.97 Å².